The van der Waals surface area contributed by atoms with Crippen LogP contribution in [0.25, 0.3) is 5.69 Å². The minimum Gasteiger partial charge on any atom is -0.334 e. The zero-order chi connectivity index (χ0) is 13.7. The molecule has 0 unspecified atom stereocenters. The number of anilines is 1. The molecule has 0 atom stereocenters. The number of urea groups is 1. The van der Waals surface area contributed by atoms with Crippen LogP contribution in [0.15, 0.2) is 49.3 Å². The number of carbonyl (C=O) groups is 1. The van der Waals surface area contributed by atoms with Crippen LogP contribution in [-0.4, -0.2) is 22.4 Å². The summed E-state index contributed by atoms with van der Waals surface area (Å²) in [6.45, 7) is 5.93. The van der Waals surface area contributed by atoms with Crippen molar-refractivity contribution in [1.29, 1.82) is 0 Å². The number of hydrogen-bond acceptors (Lipinski definition) is 2. The van der Waals surface area contributed by atoms with Gasteiger partial charge in [-0.1, -0.05) is 6.08 Å². The van der Waals surface area contributed by atoms with Gasteiger partial charge in [-0.05, 0) is 36.8 Å². The fourth-order valence-electron chi connectivity index (χ4n) is 1.68. The summed E-state index contributed by atoms with van der Waals surface area (Å²) in [4.78, 5) is 11.5. The van der Waals surface area contributed by atoms with E-state index in [1.54, 1.807) is 17.0 Å². The second-order valence-electron chi connectivity index (χ2n) is 4.07. The van der Waals surface area contributed by atoms with Gasteiger partial charge in [0, 0.05) is 24.6 Å². The van der Waals surface area contributed by atoms with Crippen molar-refractivity contribution in [3.63, 3.8) is 0 Å². The highest BCUT2D eigenvalue weighted by molar-refractivity contribution is 5.90. The van der Waals surface area contributed by atoms with E-state index in [0.717, 1.165) is 16.9 Å². The van der Waals surface area contributed by atoms with Gasteiger partial charge < -0.3 is 10.6 Å². The summed E-state index contributed by atoms with van der Waals surface area (Å²) >= 11 is 0. The Labute approximate surface area is 111 Å². The lowest BCUT2D eigenvalue weighted by molar-refractivity contribution is 0.253. The predicted molar refractivity (Wildman–Crippen MR) is 75.5 cm³/mol. The number of rotatable bonds is 4. The molecule has 0 bridgehead atoms. The first-order valence-electron chi connectivity index (χ1n) is 5.97. The molecule has 98 valence electrons. The van der Waals surface area contributed by atoms with Crippen LogP contribution in [-0.2, 0) is 0 Å². The van der Waals surface area contributed by atoms with Crippen LogP contribution in [0.3, 0.4) is 0 Å². The Hall–Kier alpha value is -2.56. The third-order valence-electron chi connectivity index (χ3n) is 2.63. The third kappa shape index (κ3) is 3.22. The summed E-state index contributed by atoms with van der Waals surface area (Å²) in [5.41, 5.74) is 2.71. The molecule has 5 heteroatoms. The van der Waals surface area contributed by atoms with Gasteiger partial charge in [0.15, 0.2) is 0 Å². The number of nitrogens with one attached hydrogen (secondary N) is 2. The topological polar surface area (TPSA) is 59.0 Å². The number of nitrogens with zero attached hydrogens (tertiary/aromatic N) is 2. The average molecular weight is 256 g/mol. The summed E-state index contributed by atoms with van der Waals surface area (Å²) in [5.74, 6) is 0. The number of aryl methyl sites for hydroxylation is 1. The van der Waals surface area contributed by atoms with Crippen LogP contribution in [0, 0.1) is 6.92 Å². The van der Waals surface area contributed by atoms with Gasteiger partial charge in [0.1, 0.15) is 0 Å². The molecule has 2 rings (SSSR count). The lowest BCUT2D eigenvalue weighted by Gasteiger charge is -2.10. The Bertz CT molecular complexity index is 575. The van der Waals surface area contributed by atoms with Crippen molar-refractivity contribution >= 4 is 11.7 Å². The van der Waals surface area contributed by atoms with E-state index < -0.39 is 0 Å². The van der Waals surface area contributed by atoms with E-state index in [2.05, 4.69) is 22.3 Å². The molecule has 0 aliphatic carbocycles. The number of carbonyl (C=O) groups excluding carboxylic acids is 1. The minimum absolute atomic E-state index is 0.241. The Balaban J connectivity index is 2.11. The van der Waals surface area contributed by atoms with Crippen molar-refractivity contribution in [2.45, 2.75) is 6.92 Å². The minimum atomic E-state index is -0.241. The Morgan fingerprint density at radius 2 is 2.37 bits per heavy atom. The molecule has 1 aromatic carbocycles. The van der Waals surface area contributed by atoms with Gasteiger partial charge in [-0.25, -0.2) is 9.48 Å². The molecule has 2 N–H and O–H groups in total. The maximum atomic E-state index is 11.5. The smallest absolute Gasteiger partial charge is 0.319 e. The van der Waals surface area contributed by atoms with E-state index >= 15 is 0 Å². The Kier molecular flexibility index (Phi) is 3.97. The highest BCUT2D eigenvalue weighted by Gasteiger charge is 2.05. The van der Waals surface area contributed by atoms with Crippen LogP contribution in [0.4, 0.5) is 10.5 Å². The largest absolute Gasteiger partial charge is 0.334 e. The van der Waals surface area contributed by atoms with Gasteiger partial charge in [-0.15, -0.1) is 6.58 Å². The van der Waals surface area contributed by atoms with E-state index in [1.807, 2.05) is 37.4 Å². The van der Waals surface area contributed by atoms with Crippen LogP contribution in [0.2, 0.25) is 0 Å². The van der Waals surface area contributed by atoms with E-state index in [4.69, 9.17) is 0 Å². The molecule has 1 aromatic heterocycles. The number of aromatic nitrogens is 2. The van der Waals surface area contributed by atoms with Crippen LogP contribution in [0.5, 0.6) is 0 Å². The maximum absolute atomic E-state index is 11.5. The normalized spacial score (nSPS) is 9.95. The monoisotopic (exact) mass is 256 g/mol. The van der Waals surface area contributed by atoms with Crippen LogP contribution >= 0.6 is 0 Å². The molecule has 0 saturated heterocycles. The molecule has 0 saturated carbocycles. The van der Waals surface area contributed by atoms with E-state index in [1.165, 1.54) is 0 Å². The fourth-order valence-corrected chi connectivity index (χ4v) is 1.68. The molecule has 0 aliphatic heterocycles. The zero-order valence-corrected chi connectivity index (χ0v) is 10.8. The lowest BCUT2D eigenvalue weighted by atomic mass is 10.2. The van der Waals surface area contributed by atoms with Crippen molar-refractivity contribution in [3.05, 3.63) is 54.9 Å². The summed E-state index contributed by atoms with van der Waals surface area (Å²) in [6.07, 6.45) is 5.23. The first kappa shape index (κ1) is 12.9. The van der Waals surface area contributed by atoms with Crippen molar-refractivity contribution in [2.75, 3.05) is 11.9 Å². The second kappa shape index (κ2) is 5.86. The maximum Gasteiger partial charge on any atom is 0.319 e. The molecular formula is C14H16N4O. The molecule has 0 aliphatic rings. The lowest BCUT2D eigenvalue weighted by Crippen LogP contribution is -2.28. The summed E-state index contributed by atoms with van der Waals surface area (Å²) < 4.78 is 1.77. The first-order valence-corrected chi connectivity index (χ1v) is 5.97. The van der Waals surface area contributed by atoms with Gasteiger partial charge in [-0.2, -0.15) is 5.10 Å². The summed E-state index contributed by atoms with van der Waals surface area (Å²) in [7, 11) is 0. The molecule has 2 aromatic rings. The van der Waals surface area contributed by atoms with Crippen molar-refractivity contribution < 1.29 is 4.79 Å². The summed E-state index contributed by atoms with van der Waals surface area (Å²) in [5, 5.41) is 9.62. The highest BCUT2D eigenvalue weighted by atomic mass is 16.2. The van der Waals surface area contributed by atoms with Crippen LogP contribution < -0.4 is 10.6 Å². The predicted octanol–water partition coefficient (Wildman–Crippen LogP) is 2.49. The van der Waals surface area contributed by atoms with Crippen molar-refractivity contribution in [2.24, 2.45) is 0 Å². The van der Waals surface area contributed by atoms with Crippen LogP contribution in [0.1, 0.15) is 5.56 Å². The van der Waals surface area contributed by atoms with Gasteiger partial charge >= 0.3 is 6.03 Å². The molecule has 1 heterocycles. The second-order valence-corrected chi connectivity index (χ2v) is 4.07. The quantitative estimate of drug-likeness (QED) is 0.826. The third-order valence-corrected chi connectivity index (χ3v) is 2.63. The van der Waals surface area contributed by atoms with Crippen molar-refractivity contribution in [3.8, 4) is 5.69 Å². The zero-order valence-electron chi connectivity index (χ0n) is 10.8. The Morgan fingerprint density at radius 1 is 1.53 bits per heavy atom. The fraction of sp³-hybridized carbons (Fsp3) is 0.143. The van der Waals surface area contributed by atoms with Gasteiger partial charge in [0.25, 0.3) is 0 Å². The first-order chi connectivity index (χ1) is 9.20. The number of hydrogen-bond donors (Lipinski definition) is 2. The van der Waals surface area contributed by atoms with Gasteiger partial charge in [0.05, 0.1) is 5.69 Å². The highest BCUT2D eigenvalue weighted by Crippen LogP contribution is 2.18. The molecule has 19 heavy (non-hydrogen) atoms. The molecular weight excluding hydrogens is 240 g/mol. The summed E-state index contributed by atoms with van der Waals surface area (Å²) in [6, 6.07) is 7.36. The molecule has 5 nitrogen and oxygen atoms in total. The SMILES string of the molecule is C=CCNC(=O)Nc1ccc(-n2cccn2)cc1C. The molecule has 0 fully saturated rings. The van der Waals surface area contributed by atoms with E-state index in [-0.39, 0.29) is 6.03 Å². The number of amides is 2. The van der Waals surface area contributed by atoms with Gasteiger partial charge in [-0.3, -0.25) is 0 Å². The van der Waals surface area contributed by atoms with Crippen molar-refractivity contribution in [1.82, 2.24) is 15.1 Å². The standard InChI is InChI=1S/C14H16N4O/c1-3-7-15-14(19)17-13-6-5-12(10-11(13)2)18-9-4-8-16-18/h3-6,8-10H,1,7H2,2H3,(H2,15,17,19). The van der Waals surface area contributed by atoms with E-state index in [9.17, 15) is 4.79 Å². The number of benzene rings is 1. The molecule has 0 spiro atoms. The average Bonchev–Trinajstić information content (AvgIpc) is 2.92. The Morgan fingerprint density at radius 3 is 3.00 bits per heavy atom. The molecule has 0 radical (unpaired) electrons. The van der Waals surface area contributed by atoms with E-state index in [0.29, 0.717) is 6.54 Å². The van der Waals surface area contributed by atoms with Gasteiger partial charge in [0.2, 0.25) is 0 Å². The molecule has 2 amide bonds.